The smallest absolute Gasteiger partial charge is 0.419 e. The summed E-state index contributed by atoms with van der Waals surface area (Å²) < 4.78 is 33.2. The van der Waals surface area contributed by atoms with Crippen LogP contribution in [-0.4, -0.2) is 65.9 Å². The highest BCUT2D eigenvalue weighted by Gasteiger charge is 2.56. The van der Waals surface area contributed by atoms with Crippen LogP contribution in [0.25, 0.3) is 11.2 Å². The maximum atomic E-state index is 12.4. The fraction of sp³-hybridized carbons (Fsp3) is 0.300. The predicted octanol–water partition coefficient (Wildman–Crippen LogP) is 4.53. The molecule has 2 aliphatic heterocycles. The van der Waals surface area contributed by atoms with Gasteiger partial charge >= 0.3 is 6.09 Å². The topological polar surface area (TPSA) is 137 Å². The minimum Gasteiger partial charge on any atom is -0.457 e. The van der Waals surface area contributed by atoms with E-state index >= 15 is 0 Å². The Balaban J connectivity index is 1.06. The number of fused-ring (bicyclic) bond motifs is 2. The Hall–Kier alpha value is -4.85. The van der Waals surface area contributed by atoms with Gasteiger partial charge in [0.25, 0.3) is 0 Å². The highest BCUT2D eigenvalue weighted by atomic mass is 16.8. The molecule has 5 aromatic rings. The van der Waals surface area contributed by atoms with E-state index in [-0.39, 0.29) is 6.61 Å². The summed E-state index contributed by atoms with van der Waals surface area (Å²) in [7, 11) is 0. The summed E-state index contributed by atoms with van der Waals surface area (Å²) in [4.78, 5) is 29.8. The van der Waals surface area contributed by atoms with Gasteiger partial charge in [0, 0.05) is 18.9 Å². The molecular formula is C30H29N7O6. The van der Waals surface area contributed by atoms with Crippen LogP contribution in [0.2, 0.25) is 0 Å². The van der Waals surface area contributed by atoms with Crippen LogP contribution >= 0.6 is 0 Å². The summed E-state index contributed by atoms with van der Waals surface area (Å²) >= 11 is 0. The molecule has 0 bridgehead atoms. The molecule has 2 saturated heterocycles. The number of imidazole rings is 2. The normalized spacial score (nSPS) is 22.4. The number of anilines is 1. The average molecular weight is 584 g/mol. The molecule has 3 aromatic heterocycles. The van der Waals surface area contributed by atoms with Crippen LogP contribution in [0.15, 0.2) is 86.0 Å². The third-order valence-corrected chi connectivity index (χ3v) is 7.21. The zero-order valence-electron chi connectivity index (χ0n) is 23.4. The number of para-hydroxylation sites is 1. The summed E-state index contributed by atoms with van der Waals surface area (Å²) in [5.41, 5.74) is 2.19. The number of carbonyl (C=O) groups excluding carboxylic acids is 1. The van der Waals surface area contributed by atoms with Crippen molar-refractivity contribution in [3.8, 4) is 11.5 Å². The number of ether oxygens (including phenoxy) is 5. The number of hydrogen-bond acceptors (Lipinski definition) is 11. The first kappa shape index (κ1) is 27.0. The van der Waals surface area contributed by atoms with Gasteiger partial charge < -0.3 is 29.0 Å². The van der Waals surface area contributed by atoms with Crippen molar-refractivity contribution < 1.29 is 28.5 Å². The number of nitrogens with zero attached hydrogens (tertiary/aromatic N) is 6. The van der Waals surface area contributed by atoms with Gasteiger partial charge in [-0.15, -0.1) is 0 Å². The van der Waals surface area contributed by atoms with Gasteiger partial charge in [-0.1, -0.05) is 30.3 Å². The van der Waals surface area contributed by atoms with Gasteiger partial charge in [0.05, 0.1) is 6.33 Å². The Morgan fingerprint density at radius 3 is 2.56 bits per heavy atom. The summed E-state index contributed by atoms with van der Waals surface area (Å²) in [6.45, 7) is 4.17. The predicted molar refractivity (Wildman–Crippen MR) is 152 cm³/mol. The lowest BCUT2D eigenvalue weighted by Crippen LogP contribution is -2.34. The van der Waals surface area contributed by atoms with E-state index in [0.717, 1.165) is 17.1 Å². The van der Waals surface area contributed by atoms with Crippen LogP contribution in [-0.2, 0) is 25.5 Å². The van der Waals surface area contributed by atoms with E-state index in [4.69, 9.17) is 23.7 Å². The van der Waals surface area contributed by atoms with Crippen molar-refractivity contribution in [2.24, 2.45) is 0 Å². The van der Waals surface area contributed by atoms with Crippen LogP contribution in [0, 0.1) is 0 Å². The van der Waals surface area contributed by atoms with Gasteiger partial charge in [0.15, 0.2) is 29.0 Å². The Kier molecular flexibility index (Phi) is 6.97. The molecule has 0 radical (unpaired) electrons. The molecular weight excluding hydrogens is 554 g/mol. The Bertz CT molecular complexity index is 1710. The largest absolute Gasteiger partial charge is 0.457 e. The Morgan fingerprint density at radius 1 is 0.977 bits per heavy atom. The average Bonchev–Trinajstić information content (AvgIpc) is 3.81. The van der Waals surface area contributed by atoms with Crippen LogP contribution in [0.5, 0.6) is 11.5 Å². The van der Waals surface area contributed by atoms with E-state index in [1.165, 1.54) is 29.6 Å². The van der Waals surface area contributed by atoms with E-state index in [0.29, 0.717) is 23.5 Å². The van der Waals surface area contributed by atoms with Gasteiger partial charge in [0.1, 0.15) is 49.1 Å². The highest BCUT2D eigenvalue weighted by Crippen LogP contribution is 2.44. The summed E-state index contributed by atoms with van der Waals surface area (Å²) in [6, 6.07) is 17.5. The third-order valence-electron chi connectivity index (χ3n) is 7.21. The standard InChI is InChI=1S/C30H29N7O6/c1-30(2)42-24-22(15-39-29(38)36-13-12-31-17-36)41-28(25(24)43-30)37-18-35-23-26(33-16-34-27(23)37)32-14-19-8-10-21(11-9-19)40-20-6-4-3-5-7-20/h3-13,16-18,22,24-25,28H,14-15H2,1-2H3,(H,32,33,34)/t22-,24?,25?,28-/m1/s1. The molecule has 1 N–H and O–H groups in total. The molecule has 2 unspecified atom stereocenters. The first-order valence-corrected chi connectivity index (χ1v) is 13.8. The van der Waals surface area contributed by atoms with Gasteiger partial charge in [0.2, 0.25) is 0 Å². The first-order chi connectivity index (χ1) is 20.9. The summed E-state index contributed by atoms with van der Waals surface area (Å²) in [6.07, 6.45) is 4.82. The van der Waals surface area contributed by atoms with Crippen molar-refractivity contribution in [1.29, 1.82) is 0 Å². The molecule has 2 aliphatic rings. The molecule has 0 aliphatic carbocycles. The monoisotopic (exact) mass is 583 g/mol. The van der Waals surface area contributed by atoms with Gasteiger partial charge in [-0.05, 0) is 43.7 Å². The Labute approximate surface area is 246 Å². The molecule has 13 heteroatoms. The lowest BCUT2D eigenvalue weighted by atomic mass is 10.1. The van der Waals surface area contributed by atoms with Crippen molar-refractivity contribution in [3.63, 3.8) is 0 Å². The molecule has 2 aromatic carbocycles. The highest BCUT2D eigenvalue weighted by molar-refractivity contribution is 5.82. The molecule has 5 heterocycles. The lowest BCUT2D eigenvalue weighted by molar-refractivity contribution is -0.199. The maximum absolute atomic E-state index is 12.4. The van der Waals surface area contributed by atoms with E-state index < -0.39 is 36.4 Å². The van der Waals surface area contributed by atoms with E-state index in [9.17, 15) is 4.79 Å². The van der Waals surface area contributed by atoms with Gasteiger partial charge in [-0.25, -0.2) is 29.3 Å². The zero-order chi connectivity index (χ0) is 29.4. The number of benzene rings is 2. The molecule has 4 atom stereocenters. The van der Waals surface area contributed by atoms with E-state index in [2.05, 4.69) is 25.3 Å². The van der Waals surface area contributed by atoms with Crippen LogP contribution < -0.4 is 10.1 Å². The fourth-order valence-corrected chi connectivity index (χ4v) is 5.27. The van der Waals surface area contributed by atoms with Crippen LogP contribution in [0.4, 0.5) is 10.6 Å². The molecule has 220 valence electrons. The molecule has 7 rings (SSSR count). The molecule has 13 nitrogen and oxygen atoms in total. The second-order valence-corrected chi connectivity index (χ2v) is 10.6. The summed E-state index contributed by atoms with van der Waals surface area (Å²) in [5, 5.41) is 3.36. The first-order valence-electron chi connectivity index (χ1n) is 13.8. The molecule has 0 saturated carbocycles. The van der Waals surface area contributed by atoms with Crippen LogP contribution in [0.3, 0.4) is 0 Å². The zero-order valence-corrected chi connectivity index (χ0v) is 23.4. The van der Waals surface area contributed by atoms with Crippen LogP contribution in [0.1, 0.15) is 25.6 Å². The Morgan fingerprint density at radius 2 is 1.77 bits per heavy atom. The van der Waals surface area contributed by atoms with Crippen molar-refractivity contribution in [1.82, 2.24) is 29.1 Å². The third kappa shape index (κ3) is 5.52. The van der Waals surface area contributed by atoms with Crippen molar-refractivity contribution in [2.45, 2.75) is 50.7 Å². The lowest BCUT2D eigenvalue weighted by Gasteiger charge is -2.24. The minimum atomic E-state index is -0.844. The quantitative estimate of drug-likeness (QED) is 0.276. The number of hydrogen-bond donors (Lipinski definition) is 1. The fourth-order valence-electron chi connectivity index (χ4n) is 5.27. The molecule has 0 amide bonds. The van der Waals surface area contributed by atoms with Gasteiger partial charge in [-0.2, -0.15) is 0 Å². The van der Waals surface area contributed by atoms with Crippen molar-refractivity contribution in [3.05, 3.63) is 91.5 Å². The molecule has 2 fully saturated rings. The summed E-state index contributed by atoms with van der Waals surface area (Å²) in [5.74, 6) is 1.27. The molecule has 0 spiro atoms. The van der Waals surface area contributed by atoms with Gasteiger partial charge in [-0.3, -0.25) is 4.57 Å². The maximum Gasteiger partial charge on any atom is 0.419 e. The minimum absolute atomic E-state index is 0.0300. The van der Waals surface area contributed by atoms with E-state index in [1.54, 1.807) is 10.9 Å². The van der Waals surface area contributed by atoms with Crippen molar-refractivity contribution >= 4 is 23.1 Å². The van der Waals surface area contributed by atoms with Crippen molar-refractivity contribution in [2.75, 3.05) is 11.9 Å². The second kappa shape index (κ2) is 11.1. The number of carbonyl (C=O) groups is 1. The number of rotatable bonds is 8. The molecule has 43 heavy (non-hydrogen) atoms. The van der Waals surface area contributed by atoms with E-state index in [1.807, 2.05) is 68.4 Å². The number of aromatic nitrogens is 6. The SMILES string of the molecule is CC1(C)OC2C(O1)[C@@H](COC(=O)n1ccnc1)O[C@H]2n1cnc2c(NCc3ccc(Oc4ccccc4)cc3)ncnc21. The second-order valence-electron chi connectivity index (χ2n) is 10.6. The number of nitrogens with one attached hydrogen (secondary N) is 1.